The molecule has 1 fully saturated rings. The molecule has 8 heteroatoms. The summed E-state index contributed by atoms with van der Waals surface area (Å²) in [5.74, 6) is 0.517. The first kappa shape index (κ1) is 20.4. The van der Waals surface area contributed by atoms with E-state index in [0.29, 0.717) is 11.3 Å². The smallest absolute Gasteiger partial charge is 0.444 e. The van der Waals surface area contributed by atoms with E-state index in [2.05, 4.69) is 15.3 Å². The second-order valence-electron chi connectivity index (χ2n) is 8.27. The number of hydrogen-bond acceptors (Lipinski definition) is 6. The maximum absolute atomic E-state index is 12.0. The van der Waals surface area contributed by atoms with Gasteiger partial charge in [-0.15, -0.1) is 0 Å². The molecule has 1 aromatic heterocycles. The van der Waals surface area contributed by atoms with Crippen LogP contribution in [0.3, 0.4) is 0 Å². The minimum atomic E-state index is -0.612. The second-order valence-corrected chi connectivity index (χ2v) is 8.27. The Balaban J connectivity index is 2.19. The molecule has 0 saturated carbocycles. The van der Waals surface area contributed by atoms with Crippen molar-refractivity contribution in [1.29, 1.82) is 0 Å². The number of hydrogen-bond donors (Lipinski definition) is 1. The number of nitrogens with one attached hydrogen (secondary N) is 1. The molecule has 1 aromatic rings. The first-order chi connectivity index (χ1) is 11.9. The maximum atomic E-state index is 12.0. The summed E-state index contributed by atoms with van der Waals surface area (Å²) in [5, 5.41) is 2.75. The average Bonchev–Trinajstić information content (AvgIpc) is 2.71. The molecule has 1 saturated heterocycles. The van der Waals surface area contributed by atoms with Crippen molar-refractivity contribution >= 4 is 19.3 Å². The maximum Gasteiger partial charge on any atom is 0.492 e. The van der Waals surface area contributed by atoms with Gasteiger partial charge in [0.1, 0.15) is 5.60 Å². The van der Waals surface area contributed by atoms with Gasteiger partial charge >= 0.3 is 13.2 Å². The summed E-state index contributed by atoms with van der Waals surface area (Å²) in [4.78, 5) is 20.4. The fourth-order valence-corrected chi connectivity index (χ4v) is 2.24. The van der Waals surface area contributed by atoms with Gasteiger partial charge in [0.15, 0.2) is 5.82 Å². The highest BCUT2D eigenvalue weighted by molar-refractivity contribution is 6.55. The van der Waals surface area contributed by atoms with Crippen molar-refractivity contribution in [2.24, 2.45) is 0 Å². The molecule has 0 aromatic carbocycles. The molecular formula is C18H28BN3O4. The van der Waals surface area contributed by atoms with Gasteiger partial charge in [0.2, 0.25) is 0 Å². The zero-order valence-corrected chi connectivity index (χ0v) is 16.6. The highest BCUT2D eigenvalue weighted by Crippen LogP contribution is 2.38. The standard InChI is InChI=1S/C18H28BN3O4/c1-16(2,3)24-15(23)22-12-13(11-14-20-9-8-10-21-14)19-25-17(4,5)18(6,7)26-19/h8-11H,12H2,1-7H3,(H,22,23). The lowest BCUT2D eigenvalue weighted by Gasteiger charge is -2.32. The van der Waals surface area contributed by atoms with Crippen LogP contribution in [0.5, 0.6) is 0 Å². The Labute approximate surface area is 155 Å². The lowest BCUT2D eigenvalue weighted by Crippen LogP contribution is -2.41. The lowest BCUT2D eigenvalue weighted by molar-refractivity contribution is 0.00578. The van der Waals surface area contributed by atoms with E-state index >= 15 is 0 Å². The topological polar surface area (TPSA) is 82.6 Å². The van der Waals surface area contributed by atoms with Crippen LogP contribution in [0, 0.1) is 0 Å². The molecule has 142 valence electrons. The molecule has 0 radical (unpaired) electrons. The Morgan fingerprint density at radius 2 is 1.73 bits per heavy atom. The molecule has 1 aliphatic heterocycles. The molecule has 1 N–H and O–H groups in total. The van der Waals surface area contributed by atoms with Gasteiger partial charge in [0.25, 0.3) is 0 Å². The van der Waals surface area contributed by atoms with E-state index in [1.807, 2.05) is 48.5 Å². The molecule has 0 spiro atoms. The predicted octanol–water partition coefficient (Wildman–Crippen LogP) is 3.02. The van der Waals surface area contributed by atoms with Gasteiger partial charge < -0.3 is 19.4 Å². The largest absolute Gasteiger partial charge is 0.492 e. The molecule has 0 bridgehead atoms. The molecule has 2 heterocycles. The number of alkyl carbamates (subject to hydrolysis) is 1. The third-order valence-electron chi connectivity index (χ3n) is 4.29. The van der Waals surface area contributed by atoms with Crippen molar-refractivity contribution in [2.75, 3.05) is 6.54 Å². The van der Waals surface area contributed by atoms with Gasteiger partial charge in [-0.1, -0.05) is 0 Å². The molecule has 1 amide bonds. The summed E-state index contributed by atoms with van der Waals surface area (Å²) in [6.07, 6.45) is 4.57. The van der Waals surface area contributed by atoms with Crippen molar-refractivity contribution in [3.05, 3.63) is 29.8 Å². The zero-order valence-electron chi connectivity index (χ0n) is 16.6. The summed E-state index contributed by atoms with van der Waals surface area (Å²) in [6.45, 7) is 13.6. The Morgan fingerprint density at radius 1 is 1.19 bits per heavy atom. The van der Waals surface area contributed by atoms with Crippen LogP contribution in [0.2, 0.25) is 0 Å². The first-order valence-corrected chi connectivity index (χ1v) is 8.70. The van der Waals surface area contributed by atoms with E-state index in [4.69, 9.17) is 14.0 Å². The van der Waals surface area contributed by atoms with Crippen molar-refractivity contribution < 1.29 is 18.8 Å². The van der Waals surface area contributed by atoms with Crippen LogP contribution in [0.1, 0.15) is 54.3 Å². The zero-order chi connectivity index (χ0) is 19.6. The van der Waals surface area contributed by atoms with Crippen molar-refractivity contribution in [2.45, 2.75) is 65.3 Å². The van der Waals surface area contributed by atoms with E-state index in [1.165, 1.54) is 0 Å². The number of amides is 1. The minimum Gasteiger partial charge on any atom is -0.444 e. The molecule has 1 aliphatic rings. The summed E-state index contributed by atoms with van der Waals surface area (Å²) < 4.78 is 17.5. The number of nitrogens with zero attached hydrogens (tertiary/aromatic N) is 2. The number of aromatic nitrogens is 2. The molecule has 26 heavy (non-hydrogen) atoms. The fourth-order valence-electron chi connectivity index (χ4n) is 2.24. The van der Waals surface area contributed by atoms with Gasteiger partial charge in [0.05, 0.1) is 11.2 Å². The van der Waals surface area contributed by atoms with E-state index in [0.717, 1.165) is 0 Å². The molecule has 2 rings (SSSR count). The molecule has 0 aliphatic carbocycles. The molecule has 0 atom stereocenters. The molecule has 0 unspecified atom stereocenters. The van der Waals surface area contributed by atoms with Gasteiger partial charge in [-0.3, -0.25) is 0 Å². The van der Waals surface area contributed by atoms with Gasteiger partial charge in [0, 0.05) is 18.9 Å². The van der Waals surface area contributed by atoms with Crippen LogP contribution >= 0.6 is 0 Å². The number of carbonyl (C=O) groups excluding carboxylic acids is 1. The molecular weight excluding hydrogens is 333 g/mol. The van der Waals surface area contributed by atoms with Gasteiger partial charge in [-0.25, -0.2) is 14.8 Å². The van der Waals surface area contributed by atoms with Crippen LogP contribution in [0.25, 0.3) is 6.08 Å². The highest BCUT2D eigenvalue weighted by Gasteiger charge is 2.52. The van der Waals surface area contributed by atoms with Crippen LogP contribution in [-0.2, 0) is 14.0 Å². The highest BCUT2D eigenvalue weighted by atomic mass is 16.7. The van der Waals surface area contributed by atoms with E-state index in [9.17, 15) is 4.79 Å². The first-order valence-electron chi connectivity index (χ1n) is 8.70. The van der Waals surface area contributed by atoms with E-state index in [-0.39, 0.29) is 6.54 Å². The van der Waals surface area contributed by atoms with Crippen LogP contribution in [-0.4, -0.2) is 46.5 Å². The summed E-state index contributed by atoms with van der Waals surface area (Å²) >= 11 is 0. The minimum absolute atomic E-state index is 0.198. The Hall–Kier alpha value is -1.93. The number of carbonyl (C=O) groups is 1. The third kappa shape index (κ3) is 5.28. The van der Waals surface area contributed by atoms with Crippen molar-refractivity contribution in [3.8, 4) is 0 Å². The van der Waals surface area contributed by atoms with E-state index < -0.39 is 30.0 Å². The summed E-state index contributed by atoms with van der Waals surface area (Å²) in [7, 11) is -0.612. The van der Waals surface area contributed by atoms with Crippen LogP contribution < -0.4 is 5.32 Å². The van der Waals surface area contributed by atoms with Crippen molar-refractivity contribution in [1.82, 2.24) is 15.3 Å². The Morgan fingerprint density at radius 3 is 2.23 bits per heavy atom. The Kier molecular flexibility index (Phi) is 5.77. The lowest BCUT2D eigenvalue weighted by atomic mass is 9.77. The van der Waals surface area contributed by atoms with Crippen LogP contribution in [0.15, 0.2) is 23.9 Å². The van der Waals surface area contributed by atoms with Gasteiger partial charge in [-0.2, -0.15) is 0 Å². The third-order valence-corrected chi connectivity index (χ3v) is 4.29. The summed E-state index contributed by atoms with van der Waals surface area (Å²) in [6, 6.07) is 1.74. The normalized spacial score (nSPS) is 19.3. The number of ether oxygens (including phenoxy) is 1. The molecule has 7 nitrogen and oxygen atoms in total. The summed E-state index contributed by atoms with van der Waals surface area (Å²) in [5.41, 5.74) is -0.831. The quantitative estimate of drug-likeness (QED) is 0.830. The Bertz CT molecular complexity index is 653. The SMILES string of the molecule is CC(C)(C)OC(=O)NCC(=Cc1ncccn1)B1OC(C)(C)C(C)(C)O1. The predicted molar refractivity (Wildman–Crippen MR) is 100 cm³/mol. The average molecular weight is 361 g/mol. The monoisotopic (exact) mass is 361 g/mol. The van der Waals surface area contributed by atoms with E-state index in [1.54, 1.807) is 24.5 Å². The van der Waals surface area contributed by atoms with Gasteiger partial charge in [-0.05, 0) is 66.1 Å². The van der Waals surface area contributed by atoms with Crippen molar-refractivity contribution in [3.63, 3.8) is 0 Å². The number of rotatable bonds is 4. The fraction of sp³-hybridized carbons (Fsp3) is 0.611. The van der Waals surface area contributed by atoms with Crippen LogP contribution in [0.4, 0.5) is 4.79 Å². The second kappa shape index (κ2) is 7.36.